The molecule has 1 aromatic heterocycles. The van der Waals surface area contributed by atoms with Crippen LogP contribution in [0.1, 0.15) is 83.0 Å². The molecule has 7 heteroatoms. The van der Waals surface area contributed by atoms with E-state index in [0.29, 0.717) is 34.5 Å². The summed E-state index contributed by atoms with van der Waals surface area (Å²) in [5, 5.41) is 13.4. The van der Waals surface area contributed by atoms with Crippen LogP contribution in [0.15, 0.2) is 30.9 Å². The third kappa shape index (κ3) is 9.05. The molecule has 1 aliphatic carbocycles. The number of aromatic nitrogens is 2. The first-order chi connectivity index (χ1) is 15.9. The number of rotatable bonds is 5. The highest BCUT2D eigenvalue weighted by Crippen LogP contribution is 2.38. The van der Waals surface area contributed by atoms with E-state index in [9.17, 15) is 8.60 Å². The van der Waals surface area contributed by atoms with Crippen LogP contribution in [0.5, 0.6) is 0 Å². The molecule has 3 N–H and O–H groups in total. The molecule has 3 atom stereocenters. The van der Waals surface area contributed by atoms with E-state index in [2.05, 4.69) is 41.3 Å². The molecule has 2 aromatic rings. The number of aromatic amines is 1. The lowest BCUT2D eigenvalue weighted by Crippen LogP contribution is -2.04. The topological polar surface area (TPSA) is 69.8 Å². The van der Waals surface area contributed by atoms with Crippen LogP contribution < -0.4 is 10.6 Å². The van der Waals surface area contributed by atoms with E-state index in [4.69, 9.17) is 0 Å². The van der Waals surface area contributed by atoms with Crippen molar-refractivity contribution in [3.63, 3.8) is 0 Å². The highest BCUT2D eigenvalue weighted by Gasteiger charge is 2.25. The fourth-order valence-electron chi connectivity index (χ4n) is 3.92. The van der Waals surface area contributed by atoms with E-state index in [0.717, 1.165) is 23.7 Å². The van der Waals surface area contributed by atoms with Gasteiger partial charge in [-0.05, 0) is 57.3 Å². The Bertz CT molecular complexity index is 866. The minimum absolute atomic E-state index is 0.299. The zero-order valence-electron chi connectivity index (χ0n) is 21.3. The highest BCUT2D eigenvalue weighted by molar-refractivity contribution is 7.83. The average Bonchev–Trinajstić information content (AvgIpc) is 3.53. The van der Waals surface area contributed by atoms with Gasteiger partial charge in [-0.25, -0.2) is 4.39 Å². The summed E-state index contributed by atoms with van der Waals surface area (Å²) in [7, 11) is 0.987. The lowest BCUT2D eigenvalue weighted by atomic mass is 10.0. The Kier molecular flexibility index (Phi) is 13.9. The molecular formula is C26H43FN4OS. The maximum atomic E-state index is 14.6. The molecule has 0 bridgehead atoms. The number of halogens is 1. The molecule has 3 unspecified atom stereocenters. The van der Waals surface area contributed by atoms with Gasteiger partial charge < -0.3 is 10.6 Å². The molecule has 5 nitrogen and oxygen atoms in total. The summed E-state index contributed by atoms with van der Waals surface area (Å²) < 4.78 is 26.2. The van der Waals surface area contributed by atoms with Crippen molar-refractivity contribution in [1.82, 2.24) is 15.5 Å². The Balaban J connectivity index is 0.000000469. The molecule has 1 saturated carbocycles. The molecule has 186 valence electrons. The molecule has 0 saturated heterocycles. The number of benzene rings is 1. The monoisotopic (exact) mass is 478 g/mol. The van der Waals surface area contributed by atoms with Gasteiger partial charge in [0, 0.05) is 39.8 Å². The molecule has 0 spiro atoms. The molecule has 0 amide bonds. The molecular weight excluding hydrogens is 435 g/mol. The van der Waals surface area contributed by atoms with E-state index in [-0.39, 0.29) is 5.82 Å². The second kappa shape index (κ2) is 15.8. The van der Waals surface area contributed by atoms with Crippen molar-refractivity contribution in [2.45, 2.75) is 77.7 Å². The quantitative estimate of drug-likeness (QED) is 0.414. The predicted octanol–water partition coefficient (Wildman–Crippen LogP) is 6.79. The van der Waals surface area contributed by atoms with Crippen molar-refractivity contribution in [3.8, 4) is 0 Å². The number of nitrogens with zero attached hydrogens (tertiary/aromatic N) is 1. The number of nitrogens with one attached hydrogen (secondary N) is 3. The van der Waals surface area contributed by atoms with Crippen molar-refractivity contribution < 1.29 is 8.60 Å². The Labute approximate surface area is 202 Å². The fourth-order valence-corrected chi connectivity index (χ4v) is 5.28. The lowest BCUT2D eigenvalue weighted by Gasteiger charge is -2.08. The van der Waals surface area contributed by atoms with Crippen LogP contribution >= 0.6 is 0 Å². The van der Waals surface area contributed by atoms with E-state index < -0.39 is 10.8 Å². The first-order valence-corrected chi connectivity index (χ1v) is 13.6. The van der Waals surface area contributed by atoms with Crippen molar-refractivity contribution in [3.05, 3.63) is 53.5 Å². The number of hydrogen-bond acceptors (Lipinski definition) is 4. The minimum Gasteiger partial charge on any atom is -0.336 e. The van der Waals surface area contributed by atoms with Crippen LogP contribution in [0.4, 0.5) is 15.9 Å². The van der Waals surface area contributed by atoms with Crippen LogP contribution in [0.2, 0.25) is 0 Å². The molecule has 0 radical (unpaired) electrons. The van der Waals surface area contributed by atoms with E-state index in [1.807, 2.05) is 40.0 Å². The molecule has 1 aromatic carbocycles. The summed E-state index contributed by atoms with van der Waals surface area (Å²) in [6, 6.07) is 5.55. The number of allylic oxidation sites excluding steroid dienone is 1. The third-order valence-electron chi connectivity index (χ3n) is 5.46. The minimum atomic E-state index is -0.975. The lowest BCUT2D eigenvalue weighted by molar-refractivity contribution is 0.591. The Morgan fingerprint density at radius 3 is 2.55 bits per heavy atom. The van der Waals surface area contributed by atoms with Crippen LogP contribution in [-0.2, 0) is 22.3 Å². The van der Waals surface area contributed by atoms with Gasteiger partial charge in [0.15, 0.2) is 11.6 Å². The zero-order valence-corrected chi connectivity index (χ0v) is 22.1. The van der Waals surface area contributed by atoms with Crippen LogP contribution in [-0.4, -0.2) is 28.0 Å². The maximum Gasteiger partial charge on any atom is 0.152 e. The summed E-state index contributed by atoms with van der Waals surface area (Å²) in [4.78, 5) is 0. The number of H-pyrrole nitrogens is 1. The van der Waals surface area contributed by atoms with Crippen molar-refractivity contribution in [2.75, 3.05) is 18.9 Å². The van der Waals surface area contributed by atoms with Gasteiger partial charge in [0.1, 0.15) is 0 Å². The van der Waals surface area contributed by atoms with Gasteiger partial charge >= 0.3 is 0 Å². The summed E-state index contributed by atoms with van der Waals surface area (Å²) in [5.74, 6) is 2.39. The van der Waals surface area contributed by atoms with Gasteiger partial charge in [0.25, 0.3) is 0 Å². The van der Waals surface area contributed by atoms with Gasteiger partial charge in [-0.3, -0.25) is 9.31 Å². The van der Waals surface area contributed by atoms with Crippen molar-refractivity contribution in [2.24, 2.45) is 5.92 Å². The number of hydrogen-bond donors (Lipinski definition) is 3. The summed E-state index contributed by atoms with van der Waals surface area (Å²) in [6.07, 6.45) is 6.60. The maximum absolute atomic E-state index is 14.6. The molecule has 4 rings (SSSR count). The summed E-state index contributed by atoms with van der Waals surface area (Å²) in [6.45, 7) is 14.8. The van der Waals surface area contributed by atoms with Gasteiger partial charge in [-0.1, -0.05) is 46.3 Å². The Hall–Kier alpha value is -1.99. The molecule has 1 aliphatic heterocycles. The Morgan fingerprint density at radius 1 is 1.30 bits per heavy atom. The van der Waals surface area contributed by atoms with Crippen molar-refractivity contribution in [1.29, 1.82) is 0 Å². The number of anilines is 2. The van der Waals surface area contributed by atoms with Crippen LogP contribution in [0, 0.1) is 11.7 Å². The first kappa shape index (κ1) is 29.0. The van der Waals surface area contributed by atoms with E-state index in [1.54, 1.807) is 12.1 Å². The number of fused-ring (bicyclic) bond motifs is 1. The van der Waals surface area contributed by atoms with Crippen molar-refractivity contribution >= 4 is 22.3 Å². The van der Waals surface area contributed by atoms with Gasteiger partial charge in [-0.2, -0.15) is 5.10 Å². The average molecular weight is 479 g/mol. The smallest absolute Gasteiger partial charge is 0.152 e. The summed E-state index contributed by atoms with van der Waals surface area (Å²) in [5.41, 5.74) is 2.96. The summed E-state index contributed by atoms with van der Waals surface area (Å²) >= 11 is 0. The fraction of sp³-hybridized carbons (Fsp3) is 0.577. The van der Waals surface area contributed by atoms with E-state index >= 15 is 0 Å². The van der Waals surface area contributed by atoms with Gasteiger partial charge in [0.2, 0.25) is 0 Å². The SMILES string of the molecule is C=CC.CC.CC1CCC(c2cc(Nc3ccc4c(c3F)CS(=O)C4)n[nH]2)C1.CCCNC. The second-order valence-electron chi connectivity index (χ2n) is 8.25. The molecule has 1 fully saturated rings. The Morgan fingerprint density at radius 2 is 2.00 bits per heavy atom. The normalized spacial score (nSPS) is 20.3. The van der Waals surface area contributed by atoms with E-state index in [1.165, 1.54) is 25.7 Å². The second-order valence-corrected chi connectivity index (χ2v) is 9.71. The standard InChI is InChI=1S/C17H20FN3OS.C4H11N.C3H6.C2H6/c1-10-2-3-11(6-10)15-7-16(21-20-15)19-14-5-4-12-8-23(22)9-13(12)17(14)18;1-3-4-5-2;1-3-2;1-2/h4-5,7,10-11H,2-3,6,8-9H2,1H3,(H2,19,20,21);5H,3-4H2,1-2H3;3H,1H2,2H3;1-2H3. The molecule has 33 heavy (non-hydrogen) atoms. The first-order valence-electron chi connectivity index (χ1n) is 12.1. The molecule has 2 aliphatic rings. The molecule has 2 heterocycles. The highest BCUT2D eigenvalue weighted by atomic mass is 32.2. The zero-order chi connectivity index (χ0) is 24.8. The van der Waals surface area contributed by atoms with Crippen LogP contribution in [0.3, 0.4) is 0 Å². The predicted molar refractivity (Wildman–Crippen MR) is 141 cm³/mol. The largest absolute Gasteiger partial charge is 0.336 e. The third-order valence-corrected chi connectivity index (χ3v) is 6.70. The van der Waals surface area contributed by atoms with Gasteiger partial charge in [0.05, 0.1) is 11.4 Å². The van der Waals surface area contributed by atoms with Crippen LogP contribution in [0.25, 0.3) is 0 Å². The van der Waals surface area contributed by atoms with Gasteiger partial charge in [-0.15, -0.1) is 6.58 Å².